The van der Waals surface area contributed by atoms with Gasteiger partial charge in [0.25, 0.3) is 5.91 Å². The van der Waals surface area contributed by atoms with Crippen LogP contribution in [0.5, 0.6) is 0 Å². The van der Waals surface area contributed by atoms with Crippen molar-refractivity contribution in [3.05, 3.63) is 39.4 Å². The van der Waals surface area contributed by atoms with Crippen LogP contribution in [0.15, 0.2) is 23.8 Å². The average molecular weight is 604 g/mol. The number of rotatable bonds is 10. The SMILES string of the molecule is CCC1CCCN1Cc1sc(NC(=O)c2cnc(N3CCN(CCC(=O)O)C(C)C3)cn2)nc1-c1cc(Cl)cs1. The van der Waals surface area contributed by atoms with Gasteiger partial charge in [-0.05, 0) is 38.8 Å². The summed E-state index contributed by atoms with van der Waals surface area (Å²) in [4.78, 5) is 46.6. The highest BCUT2D eigenvalue weighted by Gasteiger charge is 2.27. The number of aromatic nitrogens is 3. The van der Waals surface area contributed by atoms with Gasteiger partial charge in [-0.2, -0.15) is 0 Å². The number of aliphatic carboxylic acids is 1. The van der Waals surface area contributed by atoms with Crippen molar-refractivity contribution in [1.29, 1.82) is 0 Å². The van der Waals surface area contributed by atoms with Crippen molar-refractivity contribution >= 4 is 57.1 Å². The Labute approximate surface area is 247 Å². The quantitative estimate of drug-likeness (QED) is 0.333. The van der Waals surface area contributed by atoms with E-state index in [-0.39, 0.29) is 24.1 Å². The first-order valence-electron chi connectivity index (χ1n) is 13.6. The van der Waals surface area contributed by atoms with Crippen molar-refractivity contribution in [2.75, 3.05) is 42.9 Å². The number of nitrogens with one attached hydrogen (secondary N) is 1. The number of anilines is 2. The molecule has 2 N–H and O–H groups in total. The number of halogens is 1. The lowest BCUT2D eigenvalue weighted by molar-refractivity contribution is -0.137. The Morgan fingerprint density at radius 1 is 1.20 bits per heavy atom. The van der Waals surface area contributed by atoms with E-state index < -0.39 is 5.97 Å². The summed E-state index contributed by atoms with van der Waals surface area (Å²) in [6.45, 7) is 8.90. The van der Waals surface area contributed by atoms with Crippen LogP contribution < -0.4 is 10.2 Å². The second kappa shape index (κ2) is 12.9. The van der Waals surface area contributed by atoms with Crippen LogP contribution in [0.1, 0.15) is 54.9 Å². The van der Waals surface area contributed by atoms with Gasteiger partial charge >= 0.3 is 5.97 Å². The molecule has 40 heavy (non-hydrogen) atoms. The summed E-state index contributed by atoms with van der Waals surface area (Å²) >= 11 is 9.28. The van der Waals surface area contributed by atoms with E-state index >= 15 is 0 Å². The Kier molecular flexibility index (Phi) is 9.31. The van der Waals surface area contributed by atoms with Gasteiger partial charge in [0.2, 0.25) is 0 Å². The standard InChI is InChI=1S/C27H34ClN7O3S2/c1-3-19-5-4-7-34(19)15-22-25(21-11-18(28)16-39-21)31-27(40-22)32-26(38)20-12-30-23(13-29-20)35-10-9-33(17(2)14-35)8-6-24(36)37/h11-13,16-17,19H,3-10,14-15H2,1-2H3,(H,36,37)(H,31,32,38). The minimum Gasteiger partial charge on any atom is -0.481 e. The molecule has 2 aliphatic rings. The van der Waals surface area contributed by atoms with Gasteiger partial charge < -0.3 is 10.0 Å². The van der Waals surface area contributed by atoms with Crippen LogP contribution in [-0.2, 0) is 11.3 Å². The molecule has 0 radical (unpaired) electrons. The van der Waals surface area contributed by atoms with Gasteiger partial charge in [-0.15, -0.1) is 11.3 Å². The molecular weight excluding hydrogens is 570 g/mol. The fraction of sp³-hybridized carbons (Fsp3) is 0.519. The molecular formula is C27H34ClN7O3S2. The molecule has 3 aromatic heterocycles. The van der Waals surface area contributed by atoms with Crippen molar-refractivity contribution in [2.45, 2.75) is 58.2 Å². The van der Waals surface area contributed by atoms with Gasteiger partial charge in [-0.25, -0.2) is 15.0 Å². The first-order chi connectivity index (χ1) is 19.3. The second-order valence-electron chi connectivity index (χ2n) is 10.3. The topological polar surface area (TPSA) is 115 Å². The van der Waals surface area contributed by atoms with Crippen LogP contribution in [0.25, 0.3) is 10.6 Å². The maximum atomic E-state index is 13.1. The molecule has 214 valence electrons. The molecule has 3 aromatic rings. The van der Waals surface area contributed by atoms with E-state index in [0.717, 1.165) is 48.0 Å². The molecule has 0 bridgehead atoms. The number of piperazine rings is 1. The maximum Gasteiger partial charge on any atom is 0.304 e. The first kappa shape index (κ1) is 28.9. The van der Waals surface area contributed by atoms with Crippen LogP contribution in [-0.4, -0.2) is 86.5 Å². The van der Waals surface area contributed by atoms with E-state index in [1.54, 1.807) is 17.5 Å². The van der Waals surface area contributed by atoms with Crippen LogP contribution in [0, 0.1) is 0 Å². The number of thiophene rings is 1. The Bertz CT molecular complexity index is 1330. The number of carboxylic acid groups (broad SMARTS) is 1. The van der Waals surface area contributed by atoms with Crippen molar-refractivity contribution in [2.24, 2.45) is 0 Å². The second-order valence-corrected chi connectivity index (χ2v) is 12.7. The highest BCUT2D eigenvalue weighted by molar-refractivity contribution is 7.17. The number of carbonyl (C=O) groups is 2. The molecule has 2 fully saturated rings. The number of amides is 1. The lowest BCUT2D eigenvalue weighted by Gasteiger charge is -2.40. The summed E-state index contributed by atoms with van der Waals surface area (Å²) < 4.78 is 0. The molecule has 0 spiro atoms. The van der Waals surface area contributed by atoms with E-state index in [1.807, 2.05) is 11.4 Å². The van der Waals surface area contributed by atoms with E-state index in [0.29, 0.717) is 35.1 Å². The van der Waals surface area contributed by atoms with Gasteiger partial charge in [0, 0.05) is 55.1 Å². The maximum absolute atomic E-state index is 13.1. The van der Waals surface area contributed by atoms with E-state index in [2.05, 4.69) is 43.8 Å². The van der Waals surface area contributed by atoms with Gasteiger partial charge in [-0.1, -0.05) is 29.9 Å². The highest BCUT2D eigenvalue weighted by Crippen LogP contribution is 2.38. The zero-order valence-corrected chi connectivity index (χ0v) is 25.1. The number of hydrogen-bond acceptors (Lipinski definition) is 10. The van der Waals surface area contributed by atoms with Crippen molar-refractivity contribution in [1.82, 2.24) is 24.8 Å². The number of hydrogen-bond donors (Lipinski definition) is 2. The summed E-state index contributed by atoms with van der Waals surface area (Å²) in [5.41, 5.74) is 1.09. The number of carbonyl (C=O) groups excluding carboxylic acids is 1. The lowest BCUT2D eigenvalue weighted by atomic mass is 10.1. The fourth-order valence-electron chi connectivity index (χ4n) is 5.43. The van der Waals surface area contributed by atoms with Crippen LogP contribution in [0.2, 0.25) is 5.02 Å². The molecule has 5 rings (SSSR count). The fourth-order valence-corrected chi connectivity index (χ4v) is 7.58. The van der Waals surface area contributed by atoms with Gasteiger partial charge in [0.05, 0.1) is 34.4 Å². The minimum absolute atomic E-state index is 0.134. The number of nitrogens with zero attached hydrogens (tertiary/aromatic N) is 6. The van der Waals surface area contributed by atoms with E-state index in [1.165, 1.54) is 30.4 Å². The van der Waals surface area contributed by atoms with Crippen LogP contribution in [0.3, 0.4) is 0 Å². The molecule has 1 amide bonds. The number of carboxylic acids is 1. The third-order valence-electron chi connectivity index (χ3n) is 7.61. The number of thiazole rings is 1. The van der Waals surface area contributed by atoms with Crippen molar-refractivity contribution in [3.63, 3.8) is 0 Å². The summed E-state index contributed by atoms with van der Waals surface area (Å²) in [6.07, 6.45) is 6.79. The average Bonchev–Trinajstić information content (AvgIpc) is 3.68. The minimum atomic E-state index is -0.785. The zero-order valence-electron chi connectivity index (χ0n) is 22.7. The smallest absolute Gasteiger partial charge is 0.304 e. The third-order valence-corrected chi connectivity index (χ3v) is 9.85. The lowest BCUT2D eigenvalue weighted by Crippen LogP contribution is -2.52. The molecule has 0 aromatic carbocycles. The number of likely N-dealkylation sites (tertiary alicyclic amines) is 1. The predicted molar refractivity (Wildman–Crippen MR) is 160 cm³/mol. The summed E-state index contributed by atoms with van der Waals surface area (Å²) in [7, 11) is 0. The molecule has 13 heteroatoms. The Balaban J connectivity index is 1.25. The molecule has 2 aliphatic heterocycles. The molecule has 10 nitrogen and oxygen atoms in total. The van der Waals surface area contributed by atoms with Crippen LogP contribution in [0.4, 0.5) is 10.9 Å². The highest BCUT2D eigenvalue weighted by atomic mass is 35.5. The normalized spacial score (nSPS) is 20.2. The van der Waals surface area contributed by atoms with E-state index in [4.69, 9.17) is 21.7 Å². The molecule has 2 atom stereocenters. The largest absolute Gasteiger partial charge is 0.481 e. The van der Waals surface area contributed by atoms with Crippen LogP contribution >= 0.6 is 34.3 Å². The first-order valence-corrected chi connectivity index (χ1v) is 15.7. The molecule has 5 heterocycles. The molecule has 2 saturated heterocycles. The van der Waals surface area contributed by atoms with Gasteiger partial charge in [-0.3, -0.25) is 24.7 Å². The summed E-state index contributed by atoms with van der Waals surface area (Å²) in [5, 5.41) is 15.0. The predicted octanol–water partition coefficient (Wildman–Crippen LogP) is 4.93. The Hall–Kier alpha value is -2.64. The monoisotopic (exact) mass is 603 g/mol. The van der Waals surface area contributed by atoms with Crippen molar-refractivity contribution in [3.8, 4) is 10.6 Å². The molecule has 0 saturated carbocycles. The van der Waals surface area contributed by atoms with E-state index in [9.17, 15) is 9.59 Å². The Morgan fingerprint density at radius 2 is 2.05 bits per heavy atom. The molecule has 2 unspecified atom stereocenters. The zero-order chi connectivity index (χ0) is 28.2. The summed E-state index contributed by atoms with van der Waals surface area (Å²) in [5.74, 6) is -0.437. The van der Waals surface area contributed by atoms with Gasteiger partial charge in [0.1, 0.15) is 11.5 Å². The Morgan fingerprint density at radius 3 is 2.73 bits per heavy atom. The van der Waals surface area contributed by atoms with Gasteiger partial charge in [0.15, 0.2) is 5.13 Å². The third kappa shape index (κ3) is 6.80. The van der Waals surface area contributed by atoms with Crippen molar-refractivity contribution < 1.29 is 14.7 Å². The summed E-state index contributed by atoms with van der Waals surface area (Å²) in [6, 6.07) is 2.69. The molecule has 0 aliphatic carbocycles.